The number of amidine groups is 1. The van der Waals surface area contributed by atoms with E-state index in [0.717, 1.165) is 24.7 Å². The van der Waals surface area contributed by atoms with Gasteiger partial charge in [-0.3, -0.25) is 0 Å². The fraction of sp³-hybridized carbons (Fsp3) is 0.500. The summed E-state index contributed by atoms with van der Waals surface area (Å²) in [6.07, 6.45) is 0. The Morgan fingerprint density at radius 3 is 2.95 bits per heavy atom. The standard InChI is InChI=1S/C14H19ClN4O/c15-10-3-1-2-9(6-10)13(11-7-17-4-5-18-11)12-8-20-14(16)19-12/h1-3,6,11-13,17-18H,4-5,7-8H2,(H2,16,19). The first kappa shape index (κ1) is 13.7. The lowest BCUT2D eigenvalue weighted by Gasteiger charge is -2.34. The van der Waals surface area contributed by atoms with Gasteiger partial charge in [-0.15, -0.1) is 0 Å². The molecule has 0 radical (unpaired) electrons. The summed E-state index contributed by atoms with van der Waals surface area (Å²) < 4.78 is 5.34. The molecule has 2 aliphatic heterocycles. The van der Waals surface area contributed by atoms with Gasteiger partial charge in [0.25, 0.3) is 6.02 Å². The van der Waals surface area contributed by atoms with Crippen LogP contribution in [0.15, 0.2) is 29.3 Å². The molecule has 108 valence electrons. The fourth-order valence-electron chi connectivity index (χ4n) is 2.96. The van der Waals surface area contributed by atoms with Crippen LogP contribution >= 0.6 is 11.6 Å². The van der Waals surface area contributed by atoms with Crippen molar-refractivity contribution < 1.29 is 4.74 Å². The number of nitrogens with zero attached hydrogens (tertiary/aromatic N) is 1. The Hall–Kier alpha value is -1.30. The van der Waals surface area contributed by atoms with E-state index in [-0.39, 0.29) is 18.0 Å². The summed E-state index contributed by atoms with van der Waals surface area (Å²) >= 11 is 6.14. The molecule has 0 aliphatic carbocycles. The number of benzene rings is 1. The predicted octanol–water partition coefficient (Wildman–Crippen LogP) is 0.699. The summed E-state index contributed by atoms with van der Waals surface area (Å²) in [5.41, 5.74) is 6.84. The van der Waals surface area contributed by atoms with Gasteiger partial charge in [0.1, 0.15) is 6.61 Å². The Labute approximate surface area is 123 Å². The first-order valence-corrected chi connectivity index (χ1v) is 7.27. The zero-order valence-corrected chi connectivity index (χ0v) is 11.9. The van der Waals surface area contributed by atoms with Gasteiger partial charge in [0.05, 0.1) is 6.04 Å². The van der Waals surface area contributed by atoms with Crippen LogP contribution < -0.4 is 16.4 Å². The SMILES string of the molecule is NC1=NC(C(c2cccc(Cl)c2)C2CNCCN2)CO1. The second-order valence-electron chi connectivity index (χ2n) is 5.19. The molecule has 3 unspecified atom stereocenters. The molecule has 0 spiro atoms. The first-order valence-electron chi connectivity index (χ1n) is 6.89. The van der Waals surface area contributed by atoms with E-state index >= 15 is 0 Å². The van der Waals surface area contributed by atoms with E-state index < -0.39 is 0 Å². The molecule has 0 bridgehead atoms. The Morgan fingerprint density at radius 2 is 2.30 bits per heavy atom. The highest BCUT2D eigenvalue weighted by atomic mass is 35.5. The van der Waals surface area contributed by atoms with Gasteiger partial charge in [-0.1, -0.05) is 23.7 Å². The van der Waals surface area contributed by atoms with Crippen LogP contribution in [0.2, 0.25) is 5.02 Å². The van der Waals surface area contributed by atoms with E-state index in [1.807, 2.05) is 18.2 Å². The molecule has 0 aromatic heterocycles. The van der Waals surface area contributed by atoms with E-state index in [4.69, 9.17) is 22.1 Å². The van der Waals surface area contributed by atoms with Crippen molar-refractivity contribution in [3.63, 3.8) is 0 Å². The molecule has 6 heteroatoms. The molecule has 1 fully saturated rings. The minimum Gasteiger partial charge on any atom is -0.463 e. The lowest BCUT2D eigenvalue weighted by molar-refractivity contribution is 0.265. The van der Waals surface area contributed by atoms with Crippen LogP contribution in [-0.4, -0.2) is 44.3 Å². The molecule has 0 saturated carbocycles. The lowest BCUT2D eigenvalue weighted by atomic mass is 9.84. The topological polar surface area (TPSA) is 71.7 Å². The van der Waals surface area contributed by atoms with Gasteiger partial charge in [0, 0.05) is 36.6 Å². The Kier molecular flexibility index (Phi) is 4.10. The van der Waals surface area contributed by atoms with Crippen LogP contribution in [0.3, 0.4) is 0 Å². The zero-order chi connectivity index (χ0) is 13.9. The summed E-state index contributed by atoms with van der Waals surface area (Å²) in [6.45, 7) is 3.38. The summed E-state index contributed by atoms with van der Waals surface area (Å²) in [5, 5.41) is 7.72. The number of hydrogen-bond donors (Lipinski definition) is 3. The number of rotatable bonds is 3. The van der Waals surface area contributed by atoms with Gasteiger partial charge in [0.15, 0.2) is 0 Å². The third kappa shape index (κ3) is 2.90. The molecule has 2 heterocycles. The minimum atomic E-state index is 0.0332. The van der Waals surface area contributed by atoms with Crippen molar-refractivity contribution in [2.45, 2.75) is 18.0 Å². The molecule has 1 aromatic carbocycles. The van der Waals surface area contributed by atoms with Crippen molar-refractivity contribution in [3.8, 4) is 0 Å². The number of ether oxygens (including phenoxy) is 1. The molecule has 3 atom stereocenters. The average molecular weight is 295 g/mol. The maximum absolute atomic E-state index is 6.14. The van der Waals surface area contributed by atoms with Crippen molar-refractivity contribution >= 4 is 17.6 Å². The van der Waals surface area contributed by atoms with Crippen molar-refractivity contribution in [1.29, 1.82) is 0 Å². The maximum Gasteiger partial charge on any atom is 0.282 e. The molecule has 2 aliphatic rings. The Morgan fingerprint density at radius 1 is 1.40 bits per heavy atom. The molecule has 20 heavy (non-hydrogen) atoms. The smallest absolute Gasteiger partial charge is 0.282 e. The zero-order valence-electron chi connectivity index (χ0n) is 11.2. The molecule has 5 nitrogen and oxygen atoms in total. The highest BCUT2D eigenvalue weighted by Gasteiger charge is 2.35. The Bertz CT molecular complexity index is 502. The van der Waals surface area contributed by atoms with Crippen LogP contribution in [0, 0.1) is 0 Å². The highest BCUT2D eigenvalue weighted by Crippen LogP contribution is 2.30. The monoisotopic (exact) mass is 294 g/mol. The number of aliphatic imine (C=N–C) groups is 1. The van der Waals surface area contributed by atoms with Crippen molar-refractivity contribution in [2.24, 2.45) is 10.7 Å². The molecular weight excluding hydrogens is 276 g/mol. The molecule has 1 aromatic rings. The van der Waals surface area contributed by atoms with Crippen LogP contribution in [0.5, 0.6) is 0 Å². The van der Waals surface area contributed by atoms with E-state index in [0.29, 0.717) is 12.6 Å². The third-order valence-electron chi connectivity index (χ3n) is 3.85. The van der Waals surface area contributed by atoms with Crippen LogP contribution in [0.1, 0.15) is 11.5 Å². The van der Waals surface area contributed by atoms with Crippen LogP contribution in [0.4, 0.5) is 0 Å². The largest absolute Gasteiger partial charge is 0.463 e. The van der Waals surface area contributed by atoms with Gasteiger partial charge < -0.3 is 21.1 Å². The number of nitrogens with one attached hydrogen (secondary N) is 2. The normalized spacial score (nSPS) is 27.8. The quantitative estimate of drug-likeness (QED) is 0.767. The van der Waals surface area contributed by atoms with E-state index in [1.54, 1.807) is 0 Å². The van der Waals surface area contributed by atoms with E-state index in [2.05, 4.69) is 21.7 Å². The number of piperazine rings is 1. The fourth-order valence-corrected chi connectivity index (χ4v) is 3.16. The van der Waals surface area contributed by atoms with Crippen LogP contribution in [0.25, 0.3) is 0 Å². The second kappa shape index (κ2) is 5.99. The van der Waals surface area contributed by atoms with Gasteiger partial charge in [-0.25, -0.2) is 4.99 Å². The van der Waals surface area contributed by atoms with E-state index in [1.165, 1.54) is 5.56 Å². The first-order chi connectivity index (χ1) is 9.74. The van der Waals surface area contributed by atoms with Crippen molar-refractivity contribution in [1.82, 2.24) is 10.6 Å². The summed E-state index contributed by atoms with van der Waals surface area (Å²) in [6, 6.07) is 8.58. The molecular formula is C14H19ClN4O. The van der Waals surface area contributed by atoms with Gasteiger partial charge in [-0.05, 0) is 17.7 Å². The summed E-state index contributed by atoms with van der Waals surface area (Å²) in [7, 11) is 0. The lowest BCUT2D eigenvalue weighted by Crippen LogP contribution is -2.53. The molecule has 3 rings (SSSR count). The van der Waals surface area contributed by atoms with Crippen LogP contribution in [-0.2, 0) is 4.74 Å². The molecule has 4 N–H and O–H groups in total. The maximum atomic E-state index is 6.14. The average Bonchev–Trinajstić information content (AvgIpc) is 2.87. The van der Waals surface area contributed by atoms with Gasteiger partial charge in [0.2, 0.25) is 0 Å². The van der Waals surface area contributed by atoms with Gasteiger partial charge >= 0.3 is 0 Å². The highest BCUT2D eigenvalue weighted by molar-refractivity contribution is 6.30. The third-order valence-corrected chi connectivity index (χ3v) is 4.08. The number of hydrogen-bond acceptors (Lipinski definition) is 5. The number of nitrogens with two attached hydrogens (primary N) is 1. The summed E-state index contributed by atoms with van der Waals surface area (Å²) in [4.78, 5) is 4.43. The Balaban J connectivity index is 1.90. The second-order valence-corrected chi connectivity index (χ2v) is 5.63. The number of halogens is 1. The molecule has 0 amide bonds. The van der Waals surface area contributed by atoms with Gasteiger partial charge in [-0.2, -0.15) is 0 Å². The predicted molar refractivity (Wildman–Crippen MR) is 80.2 cm³/mol. The molecule has 1 saturated heterocycles. The van der Waals surface area contributed by atoms with Crippen molar-refractivity contribution in [2.75, 3.05) is 26.2 Å². The van der Waals surface area contributed by atoms with Crippen molar-refractivity contribution in [3.05, 3.63) is 34.9 Å². The minimum absolute atomic E-state index is 0.0332. The van der Waals surface area contributed by atoms with E-state index in [9.17, 15) is 0 Å². The summed E-state index contributed by atoms with van der Waals surface area (Å²) in [5.74, 6) is 0.197.